The van der Waals surface area contributed by atoms with E-state index < -0.39 is 5.97 Å². The van der Waals surface area contributed by atoms with Crippen molar-refractivity contribution in [2.45, 2.75) is 13.8 Å². The number of anilines is 1. The molecular formula is C20H19N3O3. The van der Waals surface area contributed by atoms with Crippen LogP contribution in [0.1, 0.15) is 21.5 Å². The number of aromatic amines is 1. The average molecular weight is 349 g/mol. The lowest BCUT2D eigenvalue weighted by Gasteiger charge is -2.09. The topological polar surface area (TPSA) is 84.1 Å². The second kappa shape index (κ2) is 7.65. The molecule has 0 bridgehead atoms. The minimum absolute atomic E-state index is 0.341. The summed E-state index contributed by atoms with van der Waals surface area (Å²) in [6.45, 7) is 3.55. The van der Waals surface area contributed by atoms with Gasteiger partial charge < -0.3 is 15.0 Å². The summed E-state index contributed by atoms with van der Waals surface area (Å²) in [6.07, 6.45) is 3.39. The maximum Gasteiger partial charge on any atom is 0.338 e. The van der Waals surface area contributed by atoms with Gasteiger partial charge in [-0.25, -0.2) is 9.78 Å². The summed E-state index contributed by atoms with van der Waals surface area (Å²) < 4.78 is 5.08. The first-order valence-electron chi connectivity index (χ1n) is 8.17. The van der Waals surface area contributed by atoms with Crippen molar-refractivity contribution in [1.82, 2.24) is 9.97 Å². The number of ether oxygens (including phenoxy) is 1. The van der Waals surface area contributed by atoms with Crippen LogP contribution in [0.15, 0.2) is 54.9 Å². The van der Waals surface area contributed by atoms with Crippen molar-refractivity contribution in [3.05, 3.63) is 71.5 Å². The van der Waals surface area contributed by atoms with Gasteiger partial charge in [-0.2, -0.15) is 0 Å². The molecule has 0 aliphatic carbocycles. The predicted molar refractivity (Wildman–Crippen MR) is 98.9 cm³/mol. The first-order chi connectivity index (χ1) is 12.5. The van der Waals surface area contributed by atoms with E-state index in [9.17, 15) is 9.59 Å². The number of rotatable bonds is 5. The van der Waals surface area contributed by atoms with Gasteiger partial charge in [-0.15, -0.1) is 0 Å². The van der Waals surface area contributed by atoms with E-state index in [1.807, 2.05) is 32.0 Å². The number of benzene rings is 2. The number of aromatic nitrogens is 2. The van der Waals surface area contributed by atoms with Gasteiger partial charge >= 0.3 is 5.97 Å². The molecule has 3 aromatic rings. The minimum Gasteiger partial charge on any atom is -0.452 e. The monoisotopic (exact) mass is 349 g/mol. The second-order valence-corrected chi connectivity index (χ2v) is 5.96. The summed E-state index contributed by atoms with van der Waals surface area (Å²) in [5.74, 6) is -0.206. The summed E-state index contributed by atoms with van der Waals surface area (Å²) in [4.78, 5) is 31.2. The fourth-order valence-electron chi connectivity index (χ4n) is 2.54. The zero-order chi connectivity index (χ0) is 18.5. The van der Waals surface area contributed by atoms with Gasteiger partial charge in [-0.3, -0.25) is 4.79 Å². The maximum absolute atomic E-state index is 12.1. The van der Waals surface area contributed by atoms with Gasteiger partial charge in [0, 0.05) is 23.6 Å². The summed E-state index contributed by atoms with van der Waals surface area (Å²) >= 11 is 0. The van der Waals surface area contributed by atoms with Gasteiger partial charge in [0.15, 0.2) is 6.61 Å². The number of carbonyl (C=O) groups excluding carboxylic acids is 2. The zero-order valence-corrected chi connectivity index (χ0v) is 14.6. The molecule has 0 atom stereocenters. The fourth-order valence-corrected chi connectivity index (χ4v) is 2.54. The third-order valence-electron chi connectivity index (χ3n) is 3.88. The van der Waals surface area contributed by atoms with Crippen molar-refractivity contribution >= 4 is 17.6 Å². The third kappa shape index (κ3) is 4.16. The van der Waals surface area contributed by atoms with Crippen molar-refractivity contribution < 1.29 is 14.3 Å². The average Bonchev–Trinajstić information content (AvgIpc) is 3.17. The number of nitrogens with one attached hydrogen (secondary N) is 2. The Morgan fingerprint density at radius 1 is 1.12 bits per heavy atom. The molecule has 0 spiro atoms. The number of hydrogen-bond acceptors (Lipinski definition) is 4. The van der Waals surface area contributed by atoms with E-state index in [4.69, 9.17) is 4.74 Å². The van der Waals surface area contributed by atoms with Crippen molar-refractivity contribution in [3.63, 3.8) is 0 Å². The minimum atomic E-state index is -0.549. The number of hydrogen-bond donors (Lipinski definition) is 2. The van der Waals surface area contributed by atoms with Gasteiger partial charge in [0.05, 0.1) is 5.56 Å². The number of amides is 1. The number of imidazole rings is 1. The largest absolute Gasteiger partial charge is 0.452 e. The normalized spacial score (nSPS) is 10.4. The highest BCUT2D eigenvalue weighted by molar-refractivity contribution is 5.96. The SMILES string of the molecule is Cc1ccc(NC(=O)COC(=O)c2ccc(-c3ncc[nH]3)cc2)c(C)c1. The smallest absolute Gasteiger partial charge is 0.338 e. The van der Waals surface area contributed by atoms with Crippen LogP contribution in [0.25, 0.3) is 11.4 Å². The Hall–Kier alpha value is -3.41. The number of H-pyrrole nitrogens is 1. The lowest BCUT2D eigenvalue weighted by Crippen LogP contribution is -2.21. The highest BCUT2D eigenvalue weighted by Gasteiger charge is 2.12. The molecule has 0 saturated carbocycles. The molecule has 1 heterocycles. The van der Waals surface area contributed by atoms with Gasteiger partial charge in [0.25, 0.3) is 5.91 Å². The number of esters is 1. The molecule has 26 heavy (non-hydrogen) atoms. The highest BCUT2D eigenvalue weighted by Crippen LogP contribution is 2.17. The molecular weight excluding hydrogens is 330 g/mol. The quantitative estimate of drug-likeness (QED) is 0.691. The molecule has 0 aliphatic heterocycles. The van der Waals surface area contributed by atoms with Gasteiger partial charge in [-0.1, -0.05) is 29.8 Å². The van der Waals surface area contributed by atoms with E-state index in [1.54, 1.807) is 36.7 Å². The van der Waals surface area contributed by atoms with Crippen molar-refractivity contribution in [3.8, 4) is 11.4 Å². The molecule has 3 rings (SSSR count). The van der Waals surface area contributed by atoms with E-state index in [2.05, 4.69) is 15.3 Å². The lowest BCUT2D eigenvalue weighted by atomic mass is 10.1. The molecule has 6 heteroatoms. The first-order valence-corrected chi connectivity index (χ1v) is 8.17. The van der Waals surface area contributed by atoms with E-state index in [0.717, 1.165) is 22.5 Å². The van der Waals surface area contributed by atoms with Crippen LogP contribution >= 0.6 is 0 Å². The second-order valence-electron chi connectivity index (χ2n) is 5.96. The standard InChI is InChI=1S/C20H19N3O3/c1-13-3-8-17(14(2)11-13)23-18(24)12-26-20(25)16-6-4-15(5-7-16)19-21-9-10-22-19/h3-11H,12H2,1-2H3,(H,21,22)(H,23,24). The molecule has 2 N–H and O–H groups in total. The third-order valence-corrected chi connectivity index (χ3v) is 3.88. The molecule has 1 amide bonds. The molecule has 0 aliphatic rings. The number of nitrogens with zero attached hydrogens (tertiary/aromatic N) is 1. The molecule has 0 radical (unpaired) electrons. The molecule has 0 fully saturated rings. The first kappa shape index (κ1) is 17.4. The molecule has 0 unspecified atom stereocenters. The Morgan fingerprint density at radius 3 is 2.54 bits per heavy atom. The molecule has 0 saturated heterocycles. The van der Waals surface area contributed by atoms with E-state index in [1.165, 1.54) is 0 Å². The van der Waals surface area contributed by atoms with E-state index >= 15 is 0 Å². The molecule has 6 nitrogen and oxygen atoms in total. The van der Waals surface area contributed by atoms with Crippen LogP contribution in [0, 0.1) is 13.8 Å². The Balaban J connectivity index is 1.55. The van der Waals surface area contributed by atoms with E-state index in [-0.39, 0.29) is 12.5 Å². The molecule has 1 aromatic heterocycles. The fraction of sp³-hybridized carbons (Fsp3) is 0.150. The van der Waals surface area contributed by atoms with Crippen molar-refractivity contribution in [2.75, 3.05) is 11.9 Å². The van der Waals surface area contributed by atoms with Crippen molar-refractivity contribution in [2.24, 2.45) is 0 Å². The van der Waals surface area contributed by atoms with Gasteiger partial charge in [0.1, 0.15) is 5.82 Å². The lowest BCUT2D eigenvalue weighted by molar-refractivity contribution is -0.119. The maximum atomic E-state index is 12.1. The van der Waals surface area contributed by atoms with Crippen LogP contribution in [-0.2, 0) is 9.53 Å². The zero-order valence-electron chi connectivity index (χ0n) is 14.6. The Morgan fingerprint density at radius 2 is 1.88 bits per heavy atom. The van der Waals surface area contributed by atoms with Crippen LogP contribution < -0.4 is 5.32 Å². The predicted octanol–water partition coefficient (Wildman–Crippen LogP) is 3.49. The van der Waals surface area contributed by atoms with Crippen LogP contribution in [0.5, 0.6) is 0 Å². The summed E-state index contributed by atoms with van der Waals surface area (Å²) in [6, 6.07) is 12.5. The van der Waals surface area contributed by atoms with E-state index in [0.29, 0.717) is 11.3 Å². The Kier molecular flexibility index (Phi) is 5.12. The summed E-state index contributed by atoms with van der Waals surface area (Å²) in [5.41, 5.74) is 4.02. The summed E-state index contributed by atoms with van der Waals surface area (Å²) in [5, 5.41) is 2.74. The molecule has 2 aromatic carbocycles. The number of aryl methyl sites for hydroxylation is 2. The van der Waals surface area contributed by atoms with Crippen LogP contribution in [0.2, 0.25) is 0 Å². The van der Waals surface area contributed by atoms with Crippen molar-refractivity contribution in [1.29, 1.82) is 0 Å². The molecule has 132 valence electrons. The van der Waals surface area contributed by atoms with Crippen LogP contribution in [0.3, 0.4) is 0 Å². The van der Waals surface area contributed by atoms with Crippen LogP contribution in [0.4, 0.5) is 5.69 Å². The summed E-state index contributed by atoms with van der Waals surface area (Å²) in [7, 11) is 0. The number of carbonyl (C=O) groups is 2. The van der Waals surface area contributed by atoms with Gasteiger partial charge in [0.2, 0.25) is 0 Å². The van der Waals surface area contributed by atoms with Gasteiger partial charge in [-0.05, 0) is 37.6 Å². The Bertz CT molecular complexity index is 916. The highest BCUT2D eigenvalue weighted by atomic mass is 16.5. The van der Waals surface area contributed by atoms with Crippen LogP contribution in [-0.4, -0.2) is 28.5 Å². The Labute approximate surface area is 151 Å².